The van der Waals surface area contributed by atoms with E-state index in [-0.39, 0.29) is 5.91 Å². The molecule has 1 fully saturated rings. The van der Waals surface area contributed by atoms with Crippen molar-refractivity contribution >= 4 is 35.2 Å². The van der Waals surface area contributed by atoms with Crippen molar-refractivity contribution in [2.24, 2.45) is 0 Å². The first kappa shape index (κ1) is 16.3. The number of hydrogen-bond acceptors (Lipinski definition) is 2. The Morgan fingerprint density at radius 3 is 2.81 bits per heavy atom. The topological polar surface area (TPSA) is 40.5 Å². The molecule has 1 aromatic carbocycles. The van der Waals surface area contributed by atoms with Crippen molar-refractivity contribution in [1.29, 1.82) is 0 Å². The lowest BCUT2D eigenvalue weighted by molar-refractivity contribution is -0.126. The average molecular weight is 328 g/mol. The minimum Gasteiger partial charge on any atom is -0.390 e. The van der Waals surface area contributed by atoms with Crippen LogP contribution in [0.15, 0.2) is 24.3 Å². The Balaban J connectivity index is 2.02. The lowest BCUT2D eigenvalue weighted by atomic mass is 9.98. The summed E-state index contributed by atoms with van der Waals surface area (Å²) in [6.45, 7) is 3.07. The Hall–Kier alpha value is -1.03. The molecule has 21 heavy (non-hydrogen) atoms. The average Bonchev–Trinajstić information content (AvgIpc) is 2.58. The summed E-state index contributed by atoms with van der Waals surface area (Å²) in [6.07, 6.45) is 5.37. The van der Waals surface area contributed by atoms with Gasteiger partial charge in [-0.05, 0) is 50.0 Å². The van der Waals surface area contributed by atoms with Crippen LogP contribution in [0.3, 0.4) is 0 Å². The molecule has 1 N–H and O–H groups in total. The molecule has 1 atom stereocenters. The molecule has 2 rings (SSSR count). The Morgan fingerprint density at radius 1 is 1.33 bits per heavy atom. The molecule has 0 aliphatic carbocycles. The van der Waals surface area contributed by atoms with Gasteiger partial charge >= 0.3 is 0 Å². The summed E-state index contributed by atoms with van der Waals surface area (Å²) < 4.78 is 0. The molecule has 3 nitrogen and oxygen atoms in total. The van der Waals surface area contributed by atoms with Crippen LogP contribution in [0.1, 0.15) is 31.7 Å². The van der Waals surface area contributed by atoms with Crippen LogP contribution in [-0.2, 0) is 4.79 Å². The number of halogens is 2. The Bertz CT molecular complexity index is 555. The van der Waals surface area contributed by atoms with E-state index in [9.17, 15) is 9.90 Å². The van der Waals surface area contributed by atoms with E-state index in [2.05, 4.69) is 0 Å². The van der Waals surface area contributed by atoms with Gasteiger partial charge < -0.3 is 10.0 Å². The standard InChI is InChI=1S/C16H19Cl2NO2/c1-16(21)7-2-9-19(10-8-16)15(20)6-4-12-3-5-13(17)11-14(12)18/h3-6,11,21H,2,7-10H2,1H3/b6-4+. The van der Waals surface area contributed by atoms with Crippen molar-refractivity contribution < 1.29 is 9.90 Å². The fourth-order valence-electron chi connectivity index (χ4n) is 2.39. The minimum absolute atomic E-state index is 0.0567. The quantitative estimate of drug-likeness (QED) is 0.840. The third kappa shape index (κ3) is 4.73. The van der Waals surface area contributed by atoms with Crippen LogP contribution in [0.2, 0.25) is 10.0 Å². The van der Waals surface area contributed by atoms with Gasteiger partial charge in [-0.15, -0.1) is 0 Å². The third-order valence-corrected chi connectivity index (χ3v) is 4.31. The monoisotopic (exact) mass is 327 g/mol. The van der Waals surface area contributed by atoms with E-state index >= 15 is 0 Å². The van der Waals surface area contributed by atoms with E-state index in [1.165, 1.54) is 6.08 Å². The number of likely N-dealkylation sites (tertiary alicyclic amines) is 1. The fourth-order valence-corrected chi connectivity index (χ4v) is 2.86. The molecule has 1 saturated heterocycles. The maximum atomic E-state index is 12.2. The fraction of sp³-hybridized carbons (Fsp3) is 0.438. The molecular formula is C16H19Cl2NO2. The summed E-state index contributed by atoms with van der Waals surface area (Å²) >= 11 is 11.9. The van der Waals surface area contributed by atoms with Crippen LogP contribution < -0.4 is 0 Å². The van der Waals surface area contributed by atoms with Crippen molar-refractivity contribution in [2.45, 2.75) is 31.8 Å². The number of carbonyl (C=O) groups is 1. The highest BCUT2D eigenvalue weighted by molar-refractivity contribution is 6.35. The second kappa shape index (κ2) is 6.82. The number of hydrogen-bond donors (Lipinski definition) is 1. The molecule has 0 radical (unpaired) electrons. The predicted octanol–water partition coefficient (Wildman–Crippen LogP) is 3.77. The molecule has 1 unspecified atom stereocenters. The first-order chi connectivity index (χ1) is 9.87. The van der Waals surface area contributed by atoms with Gasteiger partial charge in [0.05, 0.1) is 5.60 Å². The first-order valence-corrected chi connectivity index (χ1v) is 7.77. The normalized spacial score (nSPS) is 23.3. The highest BCUT2D eigenvalue weighted by Crippen LogP contribution is 2.23. The molecule has 0 aromatic heterocycles. The minimum atomic E-state index is -0.668. The van der Waals surface area contributed by atoms with Gasteiger partial charge in [0, 0.05) is 29.2 Å². The van der Waals surface area contributed by atoms with Crippen LogP contribution in [0.25, 0.3) is 6.08 Å². The molecular weight excluding hydrogens is 309 g/mol. The lowest BCUT2D eigenvalue weighted by Crippen LogP contribution is -2.32. The van der Waals surface area contributed by atoms with Gasteiger partial charge in [-0.1, -0.05) is 29.3 Å². The molecule has 1 aliphatic heterocycles. The van der Waals surface area contributed by atoms with Gasteiger partial charge in [-0.25, -0.2) is 0 Å². The zero-order valence-electron chi connectivity index (χ0n) is 12.0. The summed E-state index contributed by atoms with van der Waals surface area (Å²) in [7, 11) is 0. The molecule has 1 aliphatic rings. The summed E-state index contributed by atoms with van der Waals surface area (Å²) in [5.41, 5.74) is 0.0920. The molecule has 0 bridgehead atoms. The van der Waals surface area contributed by atoms with Crippen LogP contribution >= 0.6 is 23.2 Å². The number of carbonyl (C=O) groups excluding carboxylic acids is 1. The highest BCUT2D eigenvalue weighted by atomic mass is 35.5. The number of aliphatic hydroxyl groups is 1. The van der Waals surface area contributed by atoms with Gasteiger partial charge in [-0.3, -0.25) is 4.79 Å². The highest BCUT2D eigenvalue weighted by Gasteiger charge is 2.26. The number of amides is 1. The van der Waals surface area contributed by atoms with E-state index in [1.54, 1.807) is 29.2 Å². The second-order valence-electron chi connectivity index (χ2n) is 5.67. The van der Waals surface area contributed by atoms with Gasteiger partial charge in [0.2, 0.25) is 5.91 Å². The van der Waals surface area contributed by atoms with E-state index < -0.39 is 5.60 Å². The first-order valence-electron chi connectivity index (χ1n) is 7.02. The maximum Gasteiger partial charge on any atom is 0.246 e. The van der Waals surface area contributed by atoms with Crippen molar-refractivity contribution in [1.82, 2.24) is 4.90 Å². The summed E-state index contributed by atoms with van der Waals surface area (Å²) in [4.78, 5) is 14.0. The molecule has 1 amide bonds. The van der Waals surface area contributed by atoms with E-state index in [0.29, 0.717) is 29.6 Å². The Labute approximate surface area is 135 Å². The molecule has 0 spiro atoms. The summed E-state index contributed by atoms with van der Waals surface area (Å²) in [5, 5.41) is 11.1. The SMILES string of the molecule is CC1(O)CCCN(C(=O)/C=C/c2ccc(Cl)cc2Cl)CC1. The van der Waals surface area contributed by atoms with Crippen LogP contribution in [0.4, 0.5) is 0 Å². The maximum absolute atomic E-state index is 12.2. The Kier molecular flexibility index (Phi) is 5.31. The van der Waals surface area contributed by atoms with Gasteiger partial charge in [0.1, 0.15) is 0 Å². The molecule has 1 heterocycles. The van der Waals surface area contributed by atoms with Crippen LogP contribution in [-0.4, -0.2) is 34.6 Å². The lowest BCUT2D eigenvalue weighted by Gasteiger charge is -2.21. The van der Waals surface area contributed by atoms with Crippen molar-refractivity contribution in [2.75, 3.05) is 13.1 Å². The van der Waals surface area contributed by atoms with E-state index in [1.807, 2.05) is 6.92 Å². The van der Waals surface area contributed by atoms with Gasteiger partial charge in [0.15, 0.2) is 0 Å². The number of rotatable bonds is 2. The third-order valence-electron chi connectivity index (χ3n) is 3.74. The van der Waals surface area contributed by atoms with Crippen LogP contribution in [0, 0.1) is 0 Å². The molecule has 1 aromatic rings. The van der Waals surface area contributed by atoms with E-state index in [4.69, 9.17) is 23.2 Å². The summed E-state index contributed by atoms with van der Waals surface area (Å²) in [5.74, 6) is -0.0567. The Morgan fingerprint density at radius 2 is 2.10 bits per heavy atom. The van der Waals surface area contributed by atoms with Gasteiger partial charge in [0.25, 0.3) is 0 Å². The zero-order valence-corrected chi connectivity index (χ0v) is 13.5. The van der Waals surface area contributed by atoms with Gasteiger partial charge in [-0.2, -0.15) is 0 Å². The van der Waals surface area contributed by atoms with Crippen molar-refractivity contribution in [3.05, 3.63) is 39.9 Å². The zero-order chi connectivity index (χ0) is 15.5. The predicted molar refractivity (Wildman–Crippen MR) is 86.6 cm³/mol. The molecule has 114 valence electrons. The second-order valence-corrected chi connectivity index (χ2v) is 6.52. The molecule has 0 saturated carbocycles. The molecule has 5 heteroatoms. The van der Waals surface area contributed by atoms with Crippen LogP contribution in [0.5, 0.6) is 0 Å². The largest absolute Gasteiger partial charge is 0.390 e. The van der Waals surface area contributed by atoms with Crippen molar-refractivity contribution in [3.63, 3.8) is 0 Å². The number of nitrogens with zero attached hydrogens (tertiary/aromatic N) is 1. The smallest absolute Gasteiger partial charge is 0.246 e. The van der Waals surface area contributed by atoms with Crippen molar-refractivity contribution in [3.8, 4) is 0 Å². The summed E-state index contributed by atoms with van der Waals surface area (Å²) in [6, 6.07) is 5.17. The van der Waals surface area contributed by atoms with E-state index in [0.717, 1.165) is 18.4 Å². The number of benzene rings is 1.